The molecule has 0 unspecified atom stereocenters. The van der Waals surface area contributed by atoms with Crippen molar-refractivity contribution in [2.24, 2.45) is 7.05 Å². The Morgan fingerprint density at radius 2 is 1.87 bits per heavy atom. The molecular formula is C24H24N6O. The van der Waals surface area contributed by atoms with Crippen molar-refractivity contribution >= 4 is 28.6 Å². The summed E-state index contributed by atoms with van der Waals surface area (Å²) in [6.07, 6.45) is 2.35. The highest BCUT2D eigenvalue weighted by atomic mass is 16.2. The number of nitrogens with zero attached hydrogens (tertiary/aromatic N) is 3. The Morgan fingerprint density at radius 3 is 2.58 bits per heavy atom. The van der Waals surface area contributed by atoms with E-state index in [4.69, 9.17) is 10.7 Å². The predicted molar refractivity (Wildman–Crippen MR) is 123 cm³/mol. The third-order valence-electron chi connectivity index (χ3n) is 5.59. The van der Waals surface area contributed by atoms with Crippen LogP contribution in [-0.4, -0.2) is 20.8 Å². The molecule has 5 rings (SSSR count). The minimum atomic E-state index is -0.240. The molecule has 7 heteroatoms. The molecule has 1 aliphatic carbocycles. The van der Waals surface area contributed by atoms with Crippen molar-refractivity contribution in [3.63, 3.8) is 0 Å². The second-order valence-electron chi connectivity index (χ2n) is 7.95. The molecule has 0 atom stereocenters. The first-order chi connectivity index (χ1) is 15.1. The van der Waals surface area contributed by atoms with Crippen LogP contribution >= 0.6 is 0 Å². The van der Waals surface area contributed by atoms with Crippen LogP contribution in [0.25, 0.3) is 22.2 Å². The molecular weight excluding hydrogens is 388 g/mol. The quantitative estimate of drug-likeness (QED) is 0.452. The number of carbonyl (C=O) groups excluding carboxylic acids is 1. The number of nitrogens with two attached hydrogens (primary N) is 1. The highest BCUT2D eigenvalue weighted by Gasteiger charge is 2.27. The van der Waals surface area contributed by atoms with Crippen LogP contribution in [0.4, 0.5) is 16.3 Å². The van der Waals surface area contributed by atoms with Crippen LogP contribution in [0.2, 0.25) is 0 Å². The summed E-state index contributed by atoms with van der Waals surface area (Å²) in [5.41, 5.74) is 11.9. The molecule has 156 valence electrons. The normalized spacial score (nSPS) is 13.3. The summed E-state index contributed by atoms with van der Waals surface area (Å²) in [6.45, 7) is 0.476. The summed E-state index contributed by atoms with van der Waals surface area (Å²) in [5.74, 6) is 0.998. The average Bonchev–Trinajstić information content (AvgIpc) is 3.59. The molecule has 2 aromatic carbocycles. The van der Waals surface area contributed by atoms with Crippen LogP contribution in [0.1, 0.15) is 30.0 Å². The molecule has 0 spiro atoms. The van der Waals surface area contributed by atoms with Crippen molar-refractivity contribution < 1.29 is 4.79 Å². The number of nitrogens with one attached hydrogen (secondary N) is 2. The number of benzene rings is 2. The van der Waals surface area contributed by atoms with E-state index in [1.54, 1.807) is 4.68 Å². The Hall–Kier alpha value is -3.87. The van der Waals surface area contributed by atoms with Crippen molar-refractivity contribution in [1.29, 1.82) is 0 Å². The molecule has 1 fully saturated rings. The number of carbonyl (C=O) groups is 1. The van der Waals surface area contributed by atoms with Crippen molar-refractivity contribution in [1.82, 2.24) is 20.1 Å². The summed E-state index contributed by atoms with van der Waals surface area (Å²) in [7, 11) is 1.87. The topological polar surface area (TPSA) is 97.9 Å². The Bertz CT molecular complexity index is 1240. The van der Waals surface area contributed by atoms with Crippen molar-refractivity contribution in [3.05, 3.63) is 71.9 Å². The van der Waals surface area contributed by atoms with E-state index in [-0.39, 0.29) is 6.03 Å². The number of rotatable bonds is 5. The van der Waals surface area contributed by atoms with E-state index in [1.807, 2.05) is 61.6 Å². The highest BCUT2D eigenvalue weighted by Crippen LogP contribution is 2.42. The lowest BCUT2D eigenvalue weighted by molar-refractivity contribution is 0.251. The summed E-state index contributed by atoms with van der Waals surface area (Å²) in [5, 5.41) is 11.0. The number of amides is 2. The number of anilines is 2. The fourth-order valence-corrected chi connectivity index (χ4v) is 3.80. The Kier molecular flexibility index (Phi) is 4.78. The van der Waals surface area contributed by atoms with E-state index in [9.17, 15) is 4.79 Å². The highest BCUT2D eigenvalue weighted by molar-refractivity contribution is 6.00. The fraction of sp³-hybridized carbons (Fsp3) is 0.208. The Morgan fingerprint density at radius 1 is 1.13 bits per heavy atom. The van der Waals surface area contributed by atoms with Crippen molar-refractivity contribution in [3.8, 4) is 11.1 Å². The predicted octanol–water partition coefficient (Wildman–Crippen LogP) is 4.42. The first kappa shape index (κ1) is 19.1. The SMILES string of the molecule is Cn1nc(N)c2c(-c3ccc(NC(=O)NCc4ccccc4)cc3)cc(C3CC3)nc21. The van der Waals surface area contributed by atoms with Gasteiger partial charge in [-0.2, -0.15) is 5.10 Å². The second-order valence-corrected chi connectivity index (χ2v) is 7.95. The molecule has 31 heavy (non-hydrogen) atoms. The van der Waals surface area contributed by atoms with Gasteiger partial charge < -0.3 is 16.4 Å². The summed E-state index contributed by atoms with van der Waals surface area (Å²) in [6, 6.07) is 19.5. The minimum Gasteiger partial charge on any atom is -0.382 e. The number of nitrogen functional groups attached to an aromatic ring is 1. The number of urea groups is 1. The number of aryl methyl sites for hydroxylation is 1. The number of aromatic nitrogens is 3. The van der Waals surface area contributed by atoms with Gasteiger partial charge in [0.2, 0.25) is 0 Å². The molecule has 4 aromatic rings. The molecule has 2 aromatic heterocycles. The van der Waals surface area contributed by atoms with Gasteiger partial charge in [0.05, 0.1) is 5.39 Å². The van der Waals surface area contributed by atoms with Crippen LogP contribution in [0.15, 0.2) is 60.7 Å². The first-order valence-corrected chi connectivity index (χ1v) is 10.4. The van der Waals surface area contributed by atoms with E-state index < -0.39 is 0 Å². The van der Waals surface area contributed by atoms with Gasteiger partial charge in [-0.1, -0.05) is 42.5 Å². The summed E-state index contributed by atoms with van der Waals surface area (Å²) in [4.78, 5) is 17.0. The van der Waals surface area contributed by atoms with E-state index in [0.29, 0.717) is 18.3 Å². The van der Waals surface area contributed by atoms with Gasteiger partial charge in [0.1, 0.15) is 0 Å². The number of hydrogen-bond donors (Lipinski definition) is 3. The van der Waals surface area contributed by atoms with Gasteiger partial charge in [0.25, 0.3) is 0 Å². The number of hydrogen-bond acceptors (Lipinski definition) is 4. The van der Waals surface area contributed by atoms with E-state index in [0.717, 1.165) is 39.1 Å². The maximum atomic E-state index is 12.2. The van der Waals surface area contributed by atoms with Crippen molar-refractivity contribution in [2.45, 2.75) is 25.3 Å². The smallest absolute Gasteiger partial charge is 0.319 e. The zero-order valence-corrected chi connectivity index (χ0v) is 17.3. The van der Waals surface area contributed by atoms with Gasteiger partial charge in [-0.3, -0.25) is 0 Å². The van der Waals surface area contributed by atoms with Gasteiger partial charge in [-0.25, -0.2) is 14.5 Å². The van der Waals surface area contributed by atoms with Gasteiger partial charge in [-0.15, -0.1) is 0 Å². The van der Waals surface area contributed by atoms with Crippen LogP contribution in [0.5, 0.6) is 0 Å². The standard InChI is InChI=1S/C24H24N6O/c1-30-23-21(22(25)29-30)19(13-20(28-23)17-7-8-17)16-9-11-18(12-10-16)27-24(31)26-14-15-5-3-2-4-6-15/h2-6,9-13,17H,7-8,14H2,1H3,(H2,25,29)(H2,26,27,31). The minimum absolute atomic E-state index is 0.240. The monoisotopic (exact) mass is 412 g/mol. The van der Waals surface area contributed by atoms with Crippen LogP contribution < -0.4 is 16.4 Å². The zero-order valence-electron chi connectivity index (χ0n) is 17.3. The van der Waals surface area contributed by atoms with Gasteiger partial charge in [0.15, 0.2) is 11.5 Å². The van der Waals surface area contributed by atoms with Crippen molar-refractivity contribution in [2.75, 3.05) is 11.1 Å². The second kappa shape index (κ2) is 7.75. The van der Waals surface area contributed by atoms with E-state index in [2.05, 4.69) is 21.8 Å². The lowest BCUT2D eigenvalue weighted by atomic mass is 10.0. The van der Waals surface area contributed by atoms with E-state index in [1.165, 1.54) is 12.8 Å². The van der Waals surface area contributed by atoms with Crippen LogP contribution in [0, 0.1) is 0 Å². The Balaban J connectivity index is 1.36. The average molecular weight is 412 g/mol. The number of pyridine rings is 1. The van der Waals surface area contributed by atoms with E-state index >= 15 is 0 Å². The molecule has 2 heterocycles. The molecule has 1 aliphatic rings. The van der Waals surface area contributed by atoms with Gasteiger partial charge in [0, 0.05) is 30.9 Å². The first-order valence-electron chi connectivity index (χ1n) is 10.4. The lowest BCUT2D eigenvalue weighted by Gasteiger charge is -2.10. The van der Waals surface area contributed by atoms with Crippen LogP contribution in [-0.2, 0) is 13.6 Å². The molecule has 2 amide bonds. The molecule has 0 saturated heterocycles. The van der Waals surface area contributed by atoms with Crippen LogP contribution in [0.3, 0.4) is 0 Å². The molecule has 0 aliphatic heterocycles. The largest absolute Gasteiger partial charge is 0.382 e. The number of fused-ring (bicyclic) bond motifs is 1. The molecule has 4 N–H and O–H groups in total. The summed E-state index contributed by atoms with van der Waals surface area (Å²) >= 11 is 0. The third kappa shape index (κ3) is 3.94. The molecule has 7 nitrogen and oxygen atoms in total. The zero-order chi connectivity index (χ0) is 21.4. The third-order valence-corrected chi connectivity index (χ3v) is 5.59. The molecule has 0 radical (unpaired) electrons. The molecule has 1 saturated carbocycles. The van der Waals surface area contributed by atoms with Gasteiger partial charge >= 0.3 is 6.03 Å². The maximum Gasteiger partial charge on any atom is 0.319 e. The van der Waals surface area contributed by atoms with Gasteiger partial charge in [-0.05, 0) is 47.7 Å². The Labute approximate surface area is 180 Å². The summed E-state index contributed by atoms with van der Waals surface area (Å²) < 4.78 is 1.74. The molecule has 0 bridgehead atoms. The maximum absolute atomic E-state index is 12.2. The lowest BCUT2D eigenvalue weighted by Crippen LogP contribution is -2.28. The fourth-order valence-electron chi connectivity index (χ4n) is 3.80.